The zero-order valence-electron chi connectivity index (χ0n) is 24.0. The van der Waals surface area contributed by atoms with Crippen molar-refractivity contribution in [1.82, 2.24) is 19.1 Å². The highest BCUT2D eigenvalue weighted by Crippen LogP contribution is 2.32. The Bertz CT molecular complexity index is 1280. The predicted molar refractivity (Wildman–Crippen MR) is 155 cm³/mol. The van der Waals surface area contributed by atoms with E-state index in [9.17, 15) is 13.2 Å². The Hall–Kier alpha value is -2.05. The number of carbonyl (C=O) groups excluding carboxylic acids is 1. The minimum Gasteiger partial charge on any atom is -0.497 e. The Morgan fingerprint density at radius 3 is 2.50 bits per heavy atom. The molecule has 2 fully saturated rings. The van der Waals surface area contributed by atoms with Crippen LogP contribution in [0.3, 0.4) is 0 Å². The summed E-state index contributed by atoms with van der Waals surface area (Å²) in [4.78, 5) is 23.8. The van der Waals surface area contributed by atoms with Gasteiger partial charge in [0.25, 0.3) is 0 Å². The summed E-state index contributed by atoms with van der Waals surface area (Å²) >= 11 is 1.73. The maximum atomic E-state index is 13.8. The molecule has 0 aliphatic carbocycles. The van der Waals surface area contributed by atoms with E-state index in [1.807, 2.05) is 4.90 Å². The van der Waals surface area contributed by atoms with E-state index in [1.165, 1.54) is 24.1 Å². The second-order valence-electron chi connectivity index (χ2n) is 11.3. The standard InChI is InChI=1S/C29H42N4O5S2/c1-21-15-24(37-3)16-22(2)29(21)40(35,36)33-13-8-5-9-23(33)19-38-20-28(34)32-14-10-25-26(17-32)39-27(30-25)18-31-11-6-4-7-12-31/h15-16,23H,4-14,17-20H2,1-3H3. The van der Waals surface area contributed by atoms with E-state index in [0.29, 0.717) is 41.4 Å². The van der Waals surface area contributed by atoms with Gasteiger partial charge in [0, 0.05) is 30.4 Å². The third kappa shape index (κ3) is 6.54. The molecule has 5 rings (SSSR count). The summed E-state index contributed by atoms with van der Waals surface area (Å²) in [6, 6.07) is 3.23. The number of rotatable bonds is 9. The van der Waals surface area contributed by atoms with Crippen molar-refractivity contribution in [3.63, 3.8) is 0 Å². The highest BCUT2D eigenvalue weighted by molar-refractivity contribution is 7.89. The molecule has 0 spiro atoms. The van der Waals surface area contributed by atoms with Gasteiger partial charge >= 0.3 is 0 Å². The number of hydrogen-bond donors (Lipinski definition) is 0. The first-order valence-electron chi connectivity index (χ1n) is 14.5. The fourth-order valence-electron chi connectivity index (χ4n) is 6.22. The van der Waals surface area contributed by atoms with Gasteiger partial charge in [-0.15, -0.1) is 11.3 Å². The SMILES string of the molecule is COc1cc(C)c(S(=O)(=O)N2CCCCC2COCC(=O)N2CCc3nc(CN4CCCCC4)sc3C2)c(C)c1. The van der Waals surface area contributed by atoms with Crippen LogP contribution in [0.2, 0.25) is 0 Å². The second-order valence-corrected chi connectivity index (χ2v) is 14.2. The Balaban J connectivity index is 1.17. The molecule has 3 aliphatic heterocycles. The van der Waals surface area contributed by atoms with E-state index in [1.54, 1.807) is 48.7 Å². The number of carbonyl (C=O) groups is 1. The topological polar surface area (TPSA) is 92.3 Å². The maximum absolute atomic E-state index is 13.8. The van der Waals surface area contributed by atoms with Crippen LogP contribution in [0.5, 0.6) is 5.75 Å². The number of piperidine rings is 2. The number of aromatic nitrogens is 1. The fraction of sp³-hybridized carbons (Fsp3) is 0.655. The molecule has 2 aromatic rings. The van der Waals surface area contributed by atoms with Gasteiger partial charge in [-0.25, -0.2) is 13.4 Å². The van der Waals surface area contributed by atoms with Crippen LogP contribution in [0.15, 0.2) is 17.0 Å². The van der Waals surface area contributed by atoms with Crippen LogP contribution in [0.4, 0.5) is 0 Å². The number of ether oxygens (including phenoxy) is 2. The van der Waals surface area contributed by atoms with Crippen molar-refractivity contribution in [2.45, 2.75) is 82.8 Å². The van der Waals surface area contributed by atoms with Gasteiger partial charge in [0.15, 0.2) is 0 Å². The van der Waals surface area contributed by atoms with Gasteiger partial charge in [0.2, 0.25) is 15.9 Å². The van der Waals surface area contributed by atoms with E-state index in [-0.39, 0.29) is 25.2 Å². The summed E-state index contributed by atoms with van der Waals surface area (Å²) in [6.45, 7) is 8.65. The average molecular weight is 591 g/mol. The Kier molecular flexibility index (Phi) is 9.46. The molecule has 9 nitrogen and oxygen atoms in total. The number of hydrogen-bond acceptors (Lipinski definition) is 8. The molecule has 220 valence electrons. The van der Waals surface area contributed by atoms with Crippen molar-refractivity contribution < 1.29 is 22.7 Å². The molecule has 0 saturated carbocycles. The quantitative estimate of drug-likeness (QED) is 0.438. The number of thiazole rings is 1. The molecule has 1 aromatic carbocycles. The Labute approximate surface area is 242 Å². The van der Waals surface area contributed by atoms with E-state index in [4.69, 9.17) is 14.5 Å². The third-order valence-electron chi connectivity index (χ3n) is 8.28. The lowest BCUT2D eigenvalue weighted by molar-refractivity contribution is -0.137. The lowest BCUT2D eigenvalue weighted by Gasteiger charge is -2.35. The summed E-state index contributed by atoms with van der Waals surface area (Å²) in [7, 11) is -2.14. The summed E-state index contributed by atoms with van der Waals surface area (Å²) < 4.78 is 40.4. The van der Waals surface area contributed by atoms with Crippen LogP contribution in [0.25, 0.3) is 0 Å². The van der Waals surface area contributed by atoms with Gasteiger partial charge in [0.1, 0.15) is 17.4 Å². The fourth-order valence-corrected chi connectivity index (χ4v) is 9.49. The van der Waals surface area contributed by atoms with Crippen LogP contribution in [0.1, 0.15) is 65.2 Å². The van der Waals surface area contributed by atoms with Crippen LogP contribution in [-0.2, 0) is 39.1 Å². The van der Waals surface area contributed by atoms with E-state index >= 15 is 0 Å². The zero-order valence-corrected chi connectivity index (χ0v) is 25.6. The number of methoxy groups -OCH3 is 1. The maximum Gasteiger partial charge on any atom is 0.248 e. The van der Waals surface area contributed by atoms with Gasteiger partial charge in [-0.3, -0.25) is 9.69 Å². The lowest BCUT2D eigenvalue weighted by Crippen LogP contribution is -2.47. The molecule has 1 aromatic heterocycles. The first-order chi connectivity index (χ1) is 19.3. The number of benzene rings is 1. The third-order valence-corrected chi connectivity index (χ3v) is 11.6. The highest BCUT2D eigenvalue weighted by Gasteiger charge is 2.36. The van der Waals surface area contributed by atoms with Crippen molar-refractivity contribution >= 4 is 27.3 Å². The normalized spacial score (nSPS) is 20.9. The van der Waals surface area contributed by atoms with Gasteiger partial charge < -0.3 is 14.4 Å². The minimum absolute atomic E-state index is 0.0419. The van der Waals surface area contributed by atoms with Gasteiger partial charge in [-0.05, 0) is 75.9 Å². The number of fused-ring (bicyclic) bond motifs is 1. The summed E-state index contributed by atoms with van der Waals surface area (Å²) in [5.74, 6) is 0.594. The van der Waals surface area contributed by atoms with Crippen LogP contribution in [-0.4, -0.2) is 86.0 Å². The molecule has 11 heteroatoms. The van der Waals surface area contributed by atoms with Crippen LogP contribution < -0.4 is 4.74 Å². The van der Waals surface area contributed by atoms with E-state index in [2.05, 4.69) is 4.90 Å². The predicted octanol–water partition coefficient (Wildman–Crippen LogP) is 3.90. The number of likely N-dealkylation sites (tertiary alicyclic amines) is 1. The van der Waals surface area contributed by atoms with E-state index in [0.717, 1.165) is 56.0 Å². The number of sulfonamides is 1. The summed E-state index contributed by atoms with van der Waals surface area (Å²) in [6.07, 6.45) is 7.09. The largest absolute Gasteiger partial charge is 0.497 e. The lowest BCUT2D eigenvalue weighted by atomic mass is 10.1. The van der Waals surface area contributed by atoms with Gasteiger partial charge in [0.05, 0.1) is 37.4 Å². The molecule has 2 saturated heterocycles. The number of aryl methyl sites for hydroxylation is 2. The Morgan fingerprint density at radius 2 is 1.77 bits per heavy atom. The number of amides is 1. The number of nitrogens with zero attached hydrogens (tertiary/aromatic N) is 4. The Morgan fingerprint density at radius 1 is 1.05 bits per heavy atom. The van der Waals surface area contributed by atoms with Gasteiger partial charge in [-0.2, -0.15) is 4.31 Å². The molecular formula is C29H42N4O5S2. The molecule has 3 aliphatic rings. The average Bonchev–Trinajstić information content (AvgIpc) is 3.34. The monoisotopic (exact) mass is 590 g/mol. The van der Waals surface area contributed by atoms with Gasteiger partial charge in [-0.1, -0.05) is 12.8 Å². The molecule has 0 N–H and O–H groups in total. The van der Waals surface area contributed by atoms with Crippen molar-refractivity contribution in [3.05, 3.63) is 38.8 Å². The second kappa shape index (κ2) is 12.9. The molecule has 1 unspecified atom stereocenters. The molecule has 4 heterocycles. The smallest absolute Gasteiger partial charge is 0.248 e. The van der Waals surface area contributed by atoms with Crippen molar-refractivity contribution in [2.75, 3.05) is 46.5 Å². The first kappa shape index (κ1) is 29.4. The molecule has 40 heavy (non-hydrogen) atoms. The summed E-state index contributed by atoms with van der Waals surface area (Å²) in [5, 5.41) is 1.15. The molecule has 0 bridgehead atoms. The molecule has 1 amide bonds. The molecular weight excluding hydrogens is 548 g/mol. The summed E-state index contributed by atoms with van der Waals surface area (Å²) in [5.41, 5.74) is 2.47. The highest BCUT2D eigenvalue weighted by atomic mass is 32.2. The van der Waals surface area contributed by atoms with Crippen LogP contribution in [0, 0.1) is 13.8 Å². The van der Waals surface area contributed by atoms with Crippen molar-refractivity contribution in [1.29, 1.82) is 0 Å². The van der Waals surface area contributed by atoms with Crippen LogP contribution >= 0.6 is 11.3 Å². The molecule has 1 atom stereocenters. The van der Waals surface area contributed by atoms with Crippen molar-refractivity contribution in [2.24, 2.45) is 0 Å². The zero-order chi connectivity index (χ0) is 28.3. The first-order valence-corrected chi connectivity index (χ1v) is 16.7. The molecule has 0 radical (unpaired) electrons. The van der Waals surface area contributed by atoms with E-state index < -0.39 is 10.0 Å². The van der Waals surface area contributed by atoms with Crippen molar-refractivity contribution in [3.8, 4) is 5.75 Å². The minimum atomic E-state index is -3.72.